The molecule has 0 aromatic heterocycles. The molecular formula is C12H6F2N2O4S2. The highest BCUT2D eigenvalue weighted by Gasteiger charge is 2.17. The van der Waals surface area contributed by atoms with Crippen molar-refractivity contribution in [3.63, 3.8) is 0 Å². The van der Waals surface area contributed by atoms with Crippen LogP contribution in [0.25, 0.3) is 0 Å². The third-order valence-corrected chi connectivity index (χ3v) is 4.84. The number of halogens is 2. The van der Waals surface area contributed by atoms with Crippen LogP contribution in [0.4, 0.5) is 20.2 Å². The number of benzene rings is 2. The molecule has 0 unspecified atom stereocenters. The summed E-state index contributed by atoms with van der Waals surface area (Å²) in [6, 6.07) is 6.74. The zero-order valence-electron chi connectivity index (χ0n) is 10.6. The lowest BCUT2D eigenvalue weighted by molar-refractivity contribution is -0.387. The molecule has 0 radical (unpaired) electrons. The van der Waals surface area contributed by atoms with Crippen LogP contribution < -0.4 is 0 Å². The summed E-state index contributed by atoms with van der Waals surface area (Å²) in [4.78, 5) is 20.4. The highest BCUT2D eigenvalue weighted by Crippen LogP contribution is 2.40. The minimum absolute atomic E-state index is 0.394. The molecule has 0 saturated carbocycles. The standard InChI is InChI=1S/C12H6F2N2O4S2/c13-9-3-1-7(5-11(9)15(17)18)21-22-8-2-4-10(14)12(6-8)16(19)20/h1-6H. The molecule has 0 N–H and O–H groups in total. The molecule has 0 aliphatic rings. The molecule has 0 amide bonds. The number of rotatable bonds is 5. The van der Waals surface area contributed by atoms with Gasteiger partial charge in [-0.2, -0.15) is 8.78 Å². The molecule has 114 valence electrons. The summed E-state index contributed by atoms with van der Waals surface area (Å²) in [6.07, 6.45) is 0. The van der Waals surface area contributed by atoms with E-state index in [-0.39, 0.29) is 0 Å². The predicted molar refractivity (Wildman–Crippen MR) is 77.8 cm³/mol. The number of hydrogen-bond donors (Lipinski definition) is 0. The Hall–Kier alpha value is -2.20. The molecule has 2 rings (SSSR count). The lowest BCUT2D eigenvalue weighted by atomic mass is 10.3. The van der Waals surface area contributed by atoms with E-state index in [1.54, 1.807) is 0 Å². The molecular weight excluding hydrogens is 338 g/mol. The van der Waals surface area contributed by atoms with Crippen LogP contribution in [-0.2, 0) is 0 Å². The second-order valence-electron chi connectivity index (χ2n) is 3.91. The van der Waals surface area contributed by atoms with Crippen molar-refractivity contribution in [3.05, 3.63) is 68.3 Å². The first kappa shape index (κ1) is 16.2. The Bertz CT molecular complexity index is 694. The van der Waals surface area contributed by atoms with Gasteiger partial charge in [0.05, 0.1) is 9.85 Å². The monoisotopic (exact) mass is 344 g/mol. The number of nitro benzene ring substituents is 2. The number of nitro groups is 2. The fraction of sp³-hybridized carbons (Fsp3) is 0. The second kappa shape index (κ2) is 6.71. The van der Waals surface area contributed by atoms with Gasteiger partial charge in [0.1, 0.15) is 0 Å². The van der Waals surface area contributed by atoms with Crippen molar-refractivity contribution in [1.29, 1.82) is 0 Å². The van der Waals surface area contributed by atoms with Crippen LogP contribution in [0.5, 0.6) is 0 Å². The third-order valence-electron chi connectivity index (χ3n) is 2.46. The molecule has 0 atom stereocenters. The largest absolute Gasteiger partial charge is 0.305 e. The number of hydrogen-bond acceptors (Lipinski definition) is 6. The Labute approximate surface area is 130 Å². The van der Waals surface area contributed by atoms with E-state index in [2.05, 4.69) is 0 Å². The Morgan fingerprint density at radius 1 is 0.773 bits per heavy atom. The smallest absolute Gasteiger partial charge is 0.258 e. The van der Waals surface area contributed by atoms with Gasteiger partial charge in [0.15, 0.2) is 0 Å². The van der Waals surface area contributed by atoms with Crippen LogP contribution in [0.2, 0.25) is 0 Å². The topological polar surface area (TPSA) is 86.3 Å². The lowest BCUT2D eigenvalue weighted by Gasteiger charge is -2.02. The summed E-state index contributed by atoms with van der Waals surface area (Å²) in [5.74, 6) is -1.89. The van der Waals surface area contributed by atoms with Crippen molar-refractivity contribution in [2.45, 2.75) is 9.79 Å². The normalized spacial score (nSPS) is 10.5. The van der Waals surface area contributed by atoms with E-state index in [1.165, 1.54) is 12.1 Å². The van der Waals surface area contributed by atoms with E-state index in [1.807, 2.05) is 0 Å². The molecule has 0 heterocycles. The Morgan fingerprint density at radius 3 is 1.45 bits per heavy atom. The number of nitrogens with zero attached hydrogens (tertiary/aromatic N) is 2. The van der Waals surface area contributed by atoms with Gasteiger partial charge in [-0.1, -0.05) is 21.6 Å². The quantitative estimate of drug-likeness (QED) is 0.448. The Morgan fingerprint density at radius 2 is 1.14 bits per heavy atom. The van der Waals surface area contributed by atoms with E-state index in [0.717, 1.165) is 45.9 Å². The Kier molecular flexibility index (Phi) is 4.93. The van der Waals surface area contributed by atoms with Gasteiger partial charge >= 0.3 is 11.4 Å². The zero-order chi connectivity index (χ0) is 16.3. The van der Waals surface area contributed by atoms with Crippen LogP contribution in [0.3, 0.4) is 0 Å². The van der Waals surface area contributed by atoms with Crippen molar-refractivity contribution < 1.29 is 18.6 Å². The lowest BCUT2D eigenvalue weighted by Crippen LogP contribution is -1.92. The first-order valence-electron chi connectivity index (χ1n) is 5.61. The second-order valence-corrected chi connectivity index (χ2v) is 6.18. The maximum absolute atomic E-state index is 13.2. The summed E-state index contributed by atoms with van der Waals surface area (Å²) in [5.41, 5.74) is -1.31. The molecule has 0 bridgehead atoms. The van der Waals surface area contributed by atoms with Gasteiger partial charge in [0, 0.05) is 21.9 Å². The molecule has 0 spiro atoms. The molecule has 0 aliphatic carbocycles. The van der Waals surface area contributed by atoms with Gasteiger partial charge in [-0.05, 0) is 24.3 Å². The molecule has 22 heavy (non-hydrogen) atoms. The SMILES string of the molecule is O=[N+]([O-])c1cc(SSc2ccc(F)c([N+](=O)[O-])c2)ccc1F. The van der Waals surface area contributed by atoms with Crippen LogP contribution in [0, 0.1) is 31.9 Å². The van der Waals surface area contributed by atoms with Crippen LogP contribution >= 0.6 is 21.6 Å². The van der Waals surface area contributed by atoms with Crippen molar-refractivity contribution >= 4 is 33.0 Å². The van der Waals surface area contributed by atoms with Crippen LogP contribution in [-0.4, -0.2) is 9.85 Å². The van der Waals surface area contributed by atoms with E-state index in [9.17, 15) is 29.0 Å². The van der Waals surface area contributed by atoms with Crippen molar-refractivity contribution in [2.75, 3.05) is 0 Å². The molecule has 10 heteroatoms. The van der Waals surface area contributed by atoms with E-state index in [4.69, 9.17) is 0 Å². The predicted octanol–water partition coefficient (Wildman–Crippen LogP) is 4.58. The zero-order valence-corrected chi connectivity index (χ0v) is 12.2. The van der Waals surface area contributed by atoms with Crippen LogP contribution in [0.15, 0.2) is 46.2 Å². The van der Waals surface area contributed by atoms with Crippen molar-refractivity contribution in [1.82, 2.24) is 0 Å². The maximum Gasteiger partial charge on any atom is 0.305 e. The summed E-state index contributed by atoms with van der Waals surface area (Å²) in [5, 5.41) is 21.3. The first-order valence-corrected chi connectivity index (χ1v) is 7.76. The Balaban J connectivity index is 2.17. The van der Waals surface area contributed by atoms with Crippen molar-refractivity contribution in [3.8, 4) is 0 Å². The minimum atomic E-state index is -0.947. The summed E-state index contributed by atoms with van der Waals surface area (Å²) < 4.78 is 26.4. The summed E-state index contributed by atoms with van der Waals surface area (Å²) in [6.45, 7) is 0. The highest BCUT2D eigenvalue weighted by atomic mass is 33.1. The van der Waals surface area contributed by atoms with E-state index < -0.39 is 32.9 Å². The molecule has 6 nitrogen and oxygen atoms in total. The van der Waals surface area contributed by atoms with E-state index >= 15 is 0 Å². The fourth-order valence-corrected chi connectivity index (χ4v) is 3.42. The molecule has 2 aromatic carbocycles. The van der Waals surface area contributed by atoms with Crippen LogP contribution in [0.1, 0.15) is 0 Å². The minimum Gasteiger partial charge on any atom is -0.258 e. The fourth-order valence-electron chi connectivity index (χ4n) is 1.46. The van der Waals surface area contributed by atoms with Gasteiger partial charge in [-0.3, -0.25) is 20.2 Å². The molecule has 0 saturated heterocycles. The van der Waals surface area contributed by atoms with E-state index in [0.29, 0.717) is 9.79 Å². The van der Waals surface area contributed by atoms with Gasteiger partial charge in [-0.15, -0.1) is 0 Å². The summed E-state index contributed by atoms with van der Waals surface area (Å²) >= 11 is 0. The first-order chi connectivity index (χ1) is 10.4. The maximum atomic E-state index is 13.2. The van der Waals surface area contributed by atoms with Gasteiger partial charge in [-0.25, -0.2) is 0 Å². The average Bonchev–Trinajstić information content (AvgIpc) is 2.47. The summed E-state index contributed by atoms with van der Waals surface area (Å²) in [7, 11) is 2.08. The third kappa shape index (κ3) is 3.71. The van der Waals surface area contributed by atoms with Gasteiger partial charge in [0.2, 0.25) is 11.6 Å². The van der Waals surface area contributed by atoms with Gasteiger partial charge in [0.25, 0.3) is 0 Å². The molecule has 0 aliphatic heterocycles. The molecule has 0 fully saturated rings. The average molecular weight is 344 g/mol. The highest BCUT2D eigenvalue weighted by molar-refractivity contribution is 8.76. The van der Waals surface area contributed by atoms with Crippen molar-refractivity contribution in [2.24, 2.45) is 0 Å². The van der Waals surface area contributed by atoms with Gasteiger partial charge < -0.3 is 0 Å². The molecule has 2 aromatic rings.